The third-order valence-electron chi connectivity index (χ3n) is 1.65. The summed E-state index contributed by atoms with van der Waals surface area (Å²) in [5.74, 6) is 0. The Bertz CT molecular complexity index is 526. The van der Waals surface area contributed by atoms with E-state index in [0.29, 0.717) is 0 Å². The molecule has 0 bridgehead atoms. The number of nitrogens with one attached hydrogen (secondary N) is 2. The van der Waals surface area contributed by atoms with E-state index in [2.05, 4.69) is 15.0 Å². The summed E-state index contributed by atoms with van der Waals surface area (Å²) in [5, 5.41) is 10.5. The number of hydrogen-bond donors (Lipinski definition) is 2. The second kappa shape index (κ2) is 2.41. The van der Waals surface area contributed by atoms with Gasteiger partial charge in [0, 0.05) is 0 Å². The summed E-state index contributed by atoms with van der Waals surface area (Å²) in [4.78, 5) is 29.4. The van der Waals surface area contributed by atoms with E-state index in [1.165, 1.54) is 6.33 Å². The van der Waals surface area contributed by atoms with Gasteiger partial charge in [0.05, 0.1) is 17.4 Å². The van der Waals surface area contributed by atoms with Crippen molar-refractivity contribution in [2.24, 2.45) is 0 Å². The van der Waals surface area contributed by atoms with Crippen molar-refractivity contribution >= 4 is 16.7 Å². The minimum Gasteiger partial charge on any atom is -0.340 e. The molecule has 0 aliphatic rings. The molecule has 13 heavy (non-hydrogen) atoms. The van der Waals surface area contributed by atoms with E-state index >= 15 is 0 Å². The molecule has 0 atom stereocenters. The lowest BCUT2D eigenvalue weighted by molar-refractivity contribution is -0.383. The molecule has 7 heteroatoms. The molecule has 0 saturated carbocycles. The van der Waals surface area contributed by atoms with Crippen molar-refractivity contribution in [2.75, 3.05) is 0 Å². The molecule has 0 aliphatic carbocycles. The Morgan fingerprint density at radius 2 is 2.23 bits per heavy atom. The number of H-pyrrole nitrogens is 2. The monoisotopic (exact) mass is 180 g/mol. The number of nitrogens with zero attached hydrogens (tertiary/aromatic N) is 2. The Hall–Kier alpha value is -2.18. The van der Waals surface area contributed by atoms with Gasteiger partial charge in [-0.2, -0.15) is 0 Å². The van der Waals surface area contributed by atoms with Gasteiger partial charge in [0.1, 0.15) is 5.52 Å². The fourth-order valence-electron chi connectivity index (χ4n) is 1.08. The van der Waals surface area contributed by atoms with Crippen LogP contribution in [0.2, 0.25) is 0 Å². The highest BCUT2D eigenvalue weighted by Crippen LogP contribution is 2.17. The molecular weight excluding hydrogens is 176 g/mol. The van der Waals surface area contributed by atoms with Gasteiger partial charge in [0.2, 0.25) is 0 Å². The van der Waals surface area contributed by atoms with Gasteiger partial charge in [-0.15, -0.1) is 0 Å². The first-order valence-corrected chi connectivity index (χ1v) is 3.39. The summed E-state index contributed by atoms with van der Waals surface area (Å²) in [6.07, 6.45) is 2.28. The summed E-state index contributed by atoms with van der Waals surface area (Å²) in [6.45, 7) is 0. The summed E-state index contributed by atoms with van der Waals surface area (Å²) < 4.78 is 0. The number of aromatic amines is 2. The van der Waals surface area contributed by atoms with Gasteiger partial charge in [0.25, 0.3) is 5.56 Å². The van der Waals surface area contributed by atoms with E-state index < -0.39 is 10.5 Å². The highest BCUT2D eigenvalue weighted by molar-refractivity contribution is 5.82. The van der Waals surface area contributed by atoms with Crippen LogP contribution >= 0.6 is 0 Å². The topological polar surface area (TPSA) is 105 Å². The van der Waals surface area contributed by atoms with Crippen molar-refractivity contribution in [3.63, 3.8) is 0 Å². The van der Waals surface area contributed by atoms with Crippen LogP contribution in [0, 0.1) is 10.1 Å². The van der Waals surface area contributed by atoms with E-state index in [1.807, 2.05) is 0 Å². The Morgan fingerprint density at radius 3 is 2.92 bits per heavy atom. The van der Waals surface area contributed by atoms with Gasteiger partial charge in [-0.25, -0.2) is 4.98 Å². The molecule has 0 amide bonds. The average molecular weight is 180 g/mol. The second-order valence-corrected chi connectivity index (χ2v) is 2.39. The molecule has 0 radical (unpaired) electrons. The fourth-order valence-corrected chi connectivity index (χ4v) is 1.08. The smallest absolute Gasteiger partial charge is 0.313 e. The Balaban J connectivity index is 2.94. The lowest BCUT2D eigenvalue weighted by Gasteiger charge is -1.90. The molecule has 0 fully saturated rings. The highest BCUT2D eigenvalue weighted by atomic mass is 16.6. The normalized spacial score (nSPS) is 10.5. The largest absolute Gasteiger partial charge is 0.340 e. The molecule has 2 rings (SSSR count). The third kappa shape index (κ3) is 0.975. The predicted molar refractivity (Wildman–Crippen MR) is 43.4 cm³/mol. The summed E-state index contributed by atoms with van der Waals surface area (Å²) in [7, 11) is 0. The van der Waals surface area contributed by atoms with Crippen LogP contribution < -0.4 is 5.56 Å². The SMILES string of the molecule is O=c1[nH]cc([N+](=O)[O-])c2nc[nH]c12. The highest BCUT2D eigenvalue weighted by Gasteiger charge is 2.15. The van der Waals surface area contributed by atoms with Crippen LogP contribution in [0.15, 0.2) is 17.3 Å². The first-order valence-electron chi connectivity index (χ1n) is 3.39. The maximum absolute atomic E-state index is 11.1. The number of pyridine rings is 1. The van der Waals surface area contributed by atoms with Crippen LogP contribution in [0.25, 0.3) is 11.0 Å². The van der Waals surface area contributed by atoms with Crippen LogP contribution in [0.5, 0.6) is 0 Å². The van der Waals surface area contributed by atoms with Crippen molar-refractivity contribution in [2.45, 2.75) is 0 Å². The van der Waals surface area contributed by atoms with E-state index in [9.17, 15) is 14.9 Å². The molecule has 2 N–H and O–H groups in total. The van der Waals surface area contributed by atoms with Crippen LogP contribution in [0.4, 0.5) is 5.69 Å². The van der Waals surface area contributed by atoms with Gasteiger partial charge >= 0.3 is 5.69 Å². The molecule has 0 aromatic carbocycles. The van der Waals surface area contributed by atoms with Crippen molar-refractivity contribution in [1.82, 2.24) is 15.0 Å². The quantitative estimate of drug-likeness (QED) is 0.481. The van der Waals surface area contributed by atoms with E-state index in [-0.39, 0.29) is 16.7 Å². The average Bonchev–Trinajstić information content (AvgIpc) is 2.53. The third-order valence-corrected chi connectivity index (χ3v) is 1.65. The summed E-state index contributed by atoms with van der Waals surface area (Å²) in [6, 6.07) is 0. The second-order valence-electron chi connectivity index (χ2n) is 2.39. The van der Waals surface area contributed by atoms with Crippen LogP contribution in [0.3, 0.4) is 0 Å². The van der Waals surface area contributed by atoms with Crippen molar-refractivity contribution in [1.29, 1.82) is 0 Å². The maximum Gasteiger partial charge on any atom is 0.313 e. The maximum atomic E-state index is 11.1. The van der Waals surface area contributed by atoms with Gasteiger partial charge in [-0.05, 0) is 0 Å². The first kappa shape index (κ1) is 7.47. The van der Waals surface area contributed by atoms with Gasteiger partial charge in [-0.3, -0.25) is 14.9 Å². The van der Waals surface area contributed by atoms with Crippen LogP contribution in [-0.4, -0.2) is 19.9 Å². The fraction of sp³-hybridized carbons (Fsp3) is 0. The number of fused-ring (bicyclic) bond motifs is 1. The molecule has 7 nitrogen and oxygen atoms in total. The van der Waals surface area contributed by atoms with E-state index in [0.717, 1.165) is 6.20 Å². The number of imidazole rings is 1. The zero-order valence-electron chi connectivity index (χ0n) is 6.27. The first-order chi connectivity index (χ1) is 6.20. The Kier molecular flexibility index (Phi) is 1.38. The van der Waals surface area contributed by atoms with E-state index in [1.54, 1.807) is 0 Å². The number of aromatic nitrogens is 3. The number of hydrogen-bond acceptors (Lipinski definition) is 4. The number of nitro groups is 1. The standard InChI is InChI=1S/C6H4N4O3/c11-6-5-4(8-2-9-5)3(1-7-6)10(12)13/h1-2H,(H,7,11)(H,8,9). The van der Waals surface area contributed by atoms with Crippen LogP contribution in [0.1, 0.15) is 0 Å². The molecule has 2 aromatic heterocycles. The summed E-state index contributed by atoms with van der Waals surface area (Å²) >= 11 is 0. The molecule has 0 saturated heterocycles. The Morgan fingerprint density at radius 1 is 1.46 bits per heavy atom. The molecule has 0 spiro atoms. The van der Waals surface area contributed by atoms with Gasteiger partial charge in [-0.1, -0.05) is 0 Å². The van der Waals surface area contributed by atoms with Gasteiger partial charge < -0.3 is 9.97 Å². The molecule has 2 aromatic rings. The van der Waals surface area contributed by atoms with Crippen LogP contribution in [-0.2, 0) is 0 Å². The lowest BCUT2D eigenvalue weighted by Crippen LogP contribution is -2.06. The molecular formula is C6H4N4O3. The lowest BCUT2D eigenvalue weighted by atomic mass is 10.3. The zero-order valence-corrected chi connectivity index (χ0v) is 6.27. The molecule has 66 valence electrons. The van der Waals surface area contributed by atoms with Crippen molar-refractivity contribution in [3.05, 3.63) is 33.0 Å². The molecule has 0 aliphatic heterocycles. The molecule has 0 unspecified atom stereocenters. The minimum atomic E-state index is -0.598. The van der Waals surface area contributed by atoms with Crippen molar-refractivity contribution in [3.8, 4) is 0 Å². The summed E-state index contributed by atoms with van der Waals surface area (Å²) in [5.41, 5.74) is -0.433. The van der Waals surface area contributed by atoms with Gasteiger partial charge in [0.15, 0.2) is 5.52 Å². The van der Waals surface area contributed by atoms with Crippen molar-refractivity contribution < 1.29 is 4.92 Å². The van der Waals surface area contributed by atoms with E-state index in [4.69, 9.17) is 0 Å². The zero-order chi connectivity index (χ0) is 9.42. The molecule has 2 heterocycles. The Labute approximate surface area is 70.6 Å². The minimum absolute atomic E-state index is 0.0775. The number of rotatable bonds is 1. The predicted octanol–water partition coefficient (Wildman–Crippen LogP) is 0.159.